The number of carbonyl (C=O) groups is 1. The van der Waals surface area contributed by atoms with Gasteiger partial charge in [-0.25, -0.2) is 8.42 Å². The highest BCUT2D eigenvalue weighted by molar-refractivity contribution is 7.89. The Morgan fingerprint density at radius 3 is 2.31 bits per heavy atom. The van der Waals surface area contributed by atoms with Crippen LogP contribution in [-0.4, -0.2) is 60.8 Å². The number of carbonyl (C=O) groups excluding carboxylic acids is 1. The van der Waals surface area contributed by atoms with E-state index in [1.54, 1.807) is 0 Å². The Morgan fingerprint density at radius 2 is 1.66 bits per heavy atom. The van der Waals surface area contributed by atoms with Crippen molar-refractivity contribution in [1.29, 1.82) is 0 Å². The van der Waals surface area contributed by atoms with Crippen LogP contribution in [0.25, 0.3) is 0 Å². The first kappa shape index (κ1) is 26.6. The van der Waals surface area contributed by atoms with Gasteiger partial charge in [-0.1, -0.05) is 37.5 Å². The standard InChI is InChI=1S/C23H38N2O6S/c1-32(30,31)25-23(29)12-8-3-2-7-11-19-20(22(28)15-21(19)27)14-13-18(26)16-24-17-9-5-4-6-10-17/h4-6,9-10,18-22,24,26-28H,2-3,7-8,11-16H2,1H3,(H,25,29)/t18?,19-,20-,21+,22-/m1/s1. The third-order valence-corrected chi connectivity index (χ3v) is 6.76. The fourth-order valence-corrected chi connectivity index (χ4v) is 5.05. The predicted molar refractivity (Wildman–Crippen MR) is 124 cm³/mol. The minimum absolute atomic E-state index is 0.00724. The molecule has 1 fully saturated rings. The Kier molecular flexibility index (Phi) is 10.9. The van der Waals surface area contributed by atoms with Crippen molar-refractivity contribution in [3.63, 3.8) is 0 Å². The van der Waals surface area contributed by atoms with Gasteiger partial charge >= 0.3 is 0 Å². The van der Waals surface area contributed by atoms with Crippen molar-refractivity contribution in [2.24, 2.45) is 11.8 Å². The number of anilines is 1. The minimum Gasteiger partial charge on any atom is -0.393 e. The molecule has 182 valence electrons. The van der Waals surface area contributed by atoms with E-state index in [2.05, 4.69) is 5.32 Å². The van der Waals surface area contributed by atoms with Crippen molar-refractivity contribution in [2.45, 2.75) is 76.1 Å². The third-order valence-electron chi connectivity index (χ3n) is 6.16. The molecule has 2 rings (SSSR count). The molecule has 1 aromatic carbocycles. The van der Waals surface area contributed by atoms with Crippen molar-refractivity contribution in [1.82, 2.24) is 4.72 Å². The largest absolute Gasteiger partial charge is 0.393 e. The van der Waals surface area contributed by atoms with Crippen molar-refractivity contribution in [3.05, 3.63) is 30.3 Å². The molecule has 5 N–H and O–H groups in total. The van der Waals surface area contributed by atoms with Crippen molar-refractivity contribution in [2.75, 3.05) is 18.1 Å². The second kappa shape index (κ2) is 13.1. The molecular formula is C23H38N2O6S. The predicted octanol–water partition coefficient (Wildman–Crippen LogP) is 2.01. The van der Waals surface area contributed by atoms with Gasteiger partial charge in [-0.3, -0.25) is 9.52 Å². The number of hydrogen-bond acceptors (Lipinski definition) is 7. The topological polar surface area (TPSA) is 136 Å². The van der Waals surface area contributed by atoms with Gasteiger partial charge in [0, 0.05) is 18.7 Å². The number of amides is 1. The van der Waals surface area contributed by atoms with Gasteiger partial charge in [-0.2, -0.15) is 0 Å². The monoisotopic (exact) mass is 470 g/mol. The number of rotatable bonds is 14. The minimum atomic E-state index is -3.50. The molecule has 0 radical (unpaired) electrons. The van der Waals surface area contributed by atoms with Gasteiger partial charge in [0.1, 0.15) is 0 Å². The summed E-state index contributed by atoms with van der Waals surface area (Å²) in [5.74, 6) is -0.507. The van der Waals surface area contributed by atoms with E-state index in [0.717, 1.165) is 37.6 Å². The first-order valence-corrected chi connectivity index (χ1v) is 13.4. The molecule has 32 heavy (non-hydrogen) atoms. The van der Waals surface area contributed by atoms with E-state index in [-0.39, 0.29) is 18.3 Å². The van der Waals surface area contributed by atoms with Crippen LogP contribution in [0.4, 0.5) is 5.69 Å². The highest BCUT2D eigenvalue weighted by atomic mass is 32.2. The van der Waals surface area contributed by atoms with E-state index >= 15 is 0 Å². The molecule has 8 nitrogen and oxygen atoms in total. The molecule has 1 amide bonds. The van der Waals surface area contributed by atoms with Crippen molar-refractivity contribution < 1.29 is 28.5 Å². The molecule has 1 saturated carbocycles. The molecule has 5 atom stereocenters. The Morgan fingerprint density at radius 1 is 1.03 bits per heavy atom. The number of unbranched alkanes of at least 4 members (excludes halogenated alkanes) is 3. The lowest BCUT2D eigenvalue weighted by Crippen LogP contribution is -2.28. The van der Waals surface area contributed by atoms with Crippen LogP contribution >= 0.6 is 0 Å². The summed E-state index contributed by atoms with van der Waals surface area (Å²) in [6.07, 6.45) is 5.06. The van der Waals surface area contributed by atoms with E-state index in [4.69, 9.17) is 0 Å². The second-order valence-electron chi connectivity index (χ2n) is 8.93. The summed E-state index contributed by atoms with van der Waals surface area (Å²) < 4.78 is 24.0. The third kappa shape index (κ3) is 9.85. The first-order valence-electron chi connectivity index (χ1n) is 11.5. The van der Waals surface area contributed by atoms with E-state index < -0.39 is 34.2 Å². The molecule has 1 aliphatic rings. The normalized spacial score (nSPS) is 24.2. The molecule has 0 spiro atoms. The Bertz CT molecular complexity index is 789. The molecule has 1 aliphatic carbocycles. The van der Waals surface area contributed by atoms with Crippen molar-refractivity contribution in [3.8, 4) is 0 Å². The number of aliphatic hydroxyl groups is 3. The Balaban J connectivity index is 1.66. The lowest BCUT2D eigenvalue weighted by atomic mass is 9.85. The average Bonchev–Trinajstić information content (AvgIpc) is 2.99. The Hall–Kier alpha value is -1.68. The number of hydrogen-bond donors (Lipinski definition) is 5. The van der Waals surface area contributed by atoms with E-state index in [1.807, 2.05) is 35.1 Å². The van der Waals surface area contributed by atoms with Crippen LogP contribution in [-0.2, 0) is 14.8 Å². The maximum absolute atomic E-state index is 11.5. The van der Waals surface area contributed by atoms with Gasteiger partial charge in [-0.05, 0) is 56.1 Å². The van der Waals surface area contributed by atoms with Gasteiger partial charge in [-0.15, -0.1) is 0 Å². The van der Waals surface area contributed by atoms with Crippen LogP contribution < -0.4 is 10.0 Å². The van der Waals surface area contributed by atoms with E-state index in [1.165, 1.54) is 0 Å². The average molecular weight is 471 g/mol. The maximum atomic E-state index is 11.5. The lowest BCUT2D eigenvalue weighted by molar-refractivity contribution is -0.119. The van der Waals surface area contributed by atoms with Crippen molar-refractivity contribution >= 4 is 21.6 Å². The van der Waals surface area contributed by atoms with E-state index in [0.29, 0.717) is 32.2 Å². The zero-order valence-electron chi connectivity index (χ0n) is 18.8. The molecule has 0 bridgehead atoms. The van der Waals surface area contributed by atoms with Gasteiger partial charge in [0.2, 0.25) is 15.9 Å². The lowest BCUT2D eigenvalue weighted by Gasteiger charge is -2.25. The number of nitrogens with one attached hydrogen (secondary N) is 2. The fraction of sp³-hybridized carbons (Fsp3) is 0.696. The summed E-state index contributed by atoms with van der Waals surface area (Å²) in [7, 11) is -3.50. The highest BCUT2D eigenvalue weighted by Crippen LogP contribution is 2.39. The summed E-state index contributed by atoms with van der Waals surface area (Å²) in [4.78, 5) is 11.5. The molecule has 1 unspecified atom stereocenters. The summed E-state index contributed by atoms with van der Waals surface area (Å²) >= 11 is 0. The molecule has 0 heterocycles. The number of sulfonamides is 1. The van der Waals surface area contributed by atoms with Crippen LogP contribution in [0.2, 0.25) is 0 Å². The van der Waals surface area contributed by atoms with Crippen LogP contribution in [0.5, 0.6) is 0 Å². The summed E-state index contributed by atoms with van der Waals surface area (Å²) in [5, 5.41) is 34.3. The molecule has 1 aromatic rings. The van der Waals surface area contributed by atoms with Gasteiger partial charge in [0.05, 0.1) is 24.6 Å². The van der Waals surface area contributed by atoms with Gasteiger partial charge < -0.3 is 20.6 Å². The summed E-state index contributed by atoms with van der Waals surface area (Å²) in [6.45, 7) is 0.437. The summed E-state index contributed by atoms with van der Waals surface area (Å²) in [5.41, 5.74) is 0.953. The maximum Gasteiger partial charge on any atom is 0.233 e. The van der Waals surface area contributed by atoms with Gasteiger partial charge in [0.15, 0.2) is 0 Å². The first-order chi connectivity index (χ1) is 15.2. The zero-order chi connectivity index (χ0) is 23.6. The van der Waals surface area contributed by atoms with Gasteiger partial charge in [0.25, 0.3) is 0 Å². The zero-order valence-corrected chi connectivity index (χ0v) is 19.6. The smallest absolute Gasteiger partial charge is 0.233 e. The van der Waals surface area contributed by atoms with E-state index in [9.17, 15) is 28.5 Å². The SMILES string of the molecule is CS(=O)(=O)NC(=O)CCCCCC[C@@H]1[C@@H](CCC(O)CNc2ccccc2)[C@H](O)C[C@@H]1O. The van der Waals surface area contributed by atoms with Crippen LogP contribution in [0.3, 0.4) is 0 Å². The number of para-hydroxylation sites is 1. The van der Waals surface area contributed by atoms with Crippen LogP contribution in [0.15, 0.2) is 30.3 Å². The Labute approximate surface area is 191 Å². The van der Waals surface area contributed by atoms with Crippen LogP contribution in [0, 0.1) is 11.8 Å². The molecule has 9 heteroatoms. The molecule has 0 saturated heterocycles. The highest BCUT2D eigenvalue weighted by Gasteiger charge is 2.40. The number of benzene rings is 1. The molecular weight excluding hydrogens is 432 g/mol. The quantitative estimate of drug-likeness (QED) is 0.262. The molecule has 0 aromatic heterocycles. The molecule has 0 aliphatic heterocycles. The number of aliphatic hydroxyl groups excluding tert-OH is 3. The second-order valence-corrected chi connectivity index (χ2v) is 10.7. The summed E-state index contributed by atoms with van der Waals surface area (Å²) in [6, 6.07) is 9.68. The fourth-order valence-electron chi connectivity index (χ4n) is 4.54. The van der Waals surface area contributed by atoms with Crippen LogP contribution in [0.1, 0.15) is 57.8 Å².